The Labute approximate surface area is 87.4 Å². The molecule has 0 aromatic carbocycles. The minimum absolute atomic E-state index is 0.431. The topological polar surface area (TPSA) is 52.7 Å². The average Bonchev–Trinajstić information content (AvgIpc) is 2.87. The van der Waals surface area contributed by atoms with Crippen molar-refractivity contribution in [3.8, 4) is 0 Å². The Morgan fingerprint density at radius 3 is 2.73 bits per heavy atom. The molecule has 0 radical (unpaired) electrons. The summed E-state index contributed by atoms with van der Waals surface area (Å²) in [5.41, 5.74) is 0. The molecule has 0 aliphatic rings. The van der Waals surface area contributed by atoms with Gasteiger partial charge in [0.15, 0.2) is 12.1 Å². The van der Waals surface area contributed by atoms with Gasteiger partial charge in [-0.1, -0.05) is 0 Å². The minimum atomic E-state index is 0.431. The zero-order valence-corrected chi connectivity index (χ0v) is 8.50. The van der Waals surface area contributed by atoms with E-state index in [9.17, 15) is 4.79 Å². The largest absolute Gasteiger partial charge is 0.334 e. The van der Waals surface area contributed by atoms with Gasteiger partial charge in [0.2, 0.25) is 0 Å². The number of imidazole rings is 2. The van der Waals surface area contributed by atoms with Crippen LogP contribution >= 0.6 is 0 Å². The summed E-state index contributed by atoms with van der Waals surface area (Å²) in [5, 5.41) is 0. The molecule has 0 aliphatic heterocycles. The van der Waals surface area contributed by atoms with Crippen molar-refractivity contribution in [2.45, 2.75) is 20.0 Å². The summed E-state index contributed by atoms with van der Waals surface area (Å²) in [5.74, 6) is 1.36. The first-order chi connectivity index (χ1) is 7.35. The lowest BCUT2D eigenvalue weighted by atomic mass is 10.5. The number of hydrogen-bond acceptors (Lipinski definition) is 3. The predicted molar refractivity (Wildman–Crippen MR) is 54.6 cm³/mol. The van der Waals surface area contributed by atoms with E-state index in [2.05, 4.69) is 16.9 Å². The molecule has 0 fully saturated rings. The van der Waals surface area contributed by atoms with Crippen molar-refractivity contribution in [2.24, 2.45) is 0 Å². The fraction of sp³-hybridized carbons (Fsp3) is 0.300. The van der Waals surface area contributed by atoms with Crippen molar-refractivity contribution in [2.75, 3.05) is 0 Å². The van der Waals surface area contributed by atoms with Crippen molar-refractivity contribution in [1.82, 2.24) is 19.1 Å². The monoisotopic (exact) mass is 204 g/mol. The Kier molecular flexibility index (Phi) is 2.62. The maximum Gasteiger partial charge on any atom is 0.185 e. The van der Waals surface area contributed by atoms with Gasteiger partial charge < -0.3 is 9.13 Å². The van der Waals surface area contributed by atoms with E-state index in [0.29, 0.717) is 12.4 Å². The third kappa shape index (κ3) is 1.81. The number of aromatic nitrogens is 4. The smallest absolute Gasteiger partial charge is 0.185 e. The highest BCUT2D eigenvalue weighted by Gasteiger charge is 2.05. The van der Waals surface area contributed by atoms with Crippen molar-refractivity contribution in [3.63, 3.8) is 0 Å². The SMILES string of the molecule is CCn1ccnc1Cn1ccnc1C=O. The Morgan fingerprint density at radius 1 is 1.27 bits per heavy atom. The molecule has 0 amide bonds. The van der Waals surface area contributed by atoms with Gasteiger partial charge in [-0.2, -0.15) is 0 Å². The standard InChI is InChI=1S/C10H12N4O/c1-2-13-5-3-11-9(13)7-14-6-4-12-10(14)8-15/h3-6,8H,2,7H2,1H3. The molecular weight excluding hydrogens is 192 g/mol. The van der Waals surface area contributed by atoms with E-state index >= 15 is 0 Å². The van der Waals surface area contributed by atoms with Crippen LogP contribution in [0.4, 0.5) is 0 Å². The molecule has 2 rings (SSSR count). The first kappa shape index (κ1) is 9.64. The summed E-state index contributed by atoms with van der Waals surface area (Å²) >= 11 is 0. The minimum Gasteiger partial charge on any atom is -0.334 e. The zero-order valence-electron chi connectivity index (χ0n) is 8.50. The lowest BCUT2D eigenvalue weighted by Crippen LogP contribution is -2.09. The summed E-state index contributed by atoms with van der Waals surface area (Å²) < 4.78 is 3.82. The molecule has 5 heteroatoms. The van der Waals surface area contributed by atoms with Gasteiger partial charge in [-0.05, 0) is 6.92 Å². The Hall–Kier alpha value is -1.91. The lowest BCUT2D eigenvalue weighted by Gasteiger charge is -2.06. The van der Waals surface area contributed by atoms with E-state index in [1.165, 1.54) is 0 Å². The molecule has 0 spiro atoms. The molecule has 0 saturated carbocycles. The van der Waals surface area contributed by atoms with Crippen molar-refractivity contribution < 1.29 is 4.79 Å². The van der Waals surface area contributed by atoms with Crippen LogP contribution in [0, 0.1) is 0 Å². The summed E-state index contributed by atoms with van der Waals surface area (Å²) in [7, 11) is 0. The molecule has 0 atom stereocenters. The lowest BCUT2D eigenvalue weighted by molar-refractivity contribution is 0.111. The molecule has 78 valence electrons. The highest BCUT2D eigenvalue weighted by Crippen LogP contribution is 2.03. The van der Waals surface area contributed by atoms with Crippen LogP contribution in [0.3, 0.4) is 0 Å². The molecule has 15 heavy (non-hydrogen) atoms. The number of rotatable bonds is 4. The molecule has 0 unspecified atom stereocenters. The Balaban J connectivity index is 2.25. The fourth-order valence-corrected chi connectivity index (χ4v) is 1.50. The number of aryl methyl sites for hydroxylation is 1. The highest BCUT2D eigenvalue weighted by atomic mass is 16.1. The second kappa shape index (κ2) is 4.08. The third-order valence-corrected chi connectivity index (χ3v) is 2.31. The molecule has 0 saturated heterocycles. The van der Waals surface area contributed by atoms with E-state index in [1.54, 1.807) is 23.2 Å². The molecule has 5 nitrogen and oxygen atoms in total. The quantitative estimate of drug-likeness (QED) is 0.697. The molecule has 0 aliphatic carbocycles. The maximum absolute atomic E-state index is 10.7. The van der Waals surface area contributed by atoms with E-state index in [1.807, 2.05) is 10.8 Å². The molecular formula is C10H12N4O. The van der Waals surface area contributed by atoms with Gasteiger partial charge in [-0.25, -0.2) is 9.97 Å². The van der Waals surface area contributed by atoms with Crippen LogP contribution in [0.25, 0.3) is 0 Å². The van der Waals surface area contributed by atoms with Gasteiger partial charge in [0.1, 0.15) is 5.82 Å². The number of aldehydes is 1. The van der Waals surface area contributed by atoms with E-state index in [0.717, 1.165) is 18.7 Å². The van der Waals surface area contributed by atoms with Gasteiger partial charge in [0.05, 0.1) is 6.54 Å². The second-order valence-electron chi connectivity index (χ2n) is 3.16. The maximum atomic E-state index is 10.7. The zero-order chi connectivity index (χ0) is 10.7. The van der Waals surface area contributed by atoms with Crippen LogP contribution < -0.4 is 0 Å². The van der Waals surface area contributed by atoms with Crippen molar-refractivity contribution >= 4 is 6.29 Å². The van der Waals surface area contributed by atoms with Gasteiger partial charge in [-0.15, -0.1) is 0 Å². The number of hydrogen-bond donors (Lipinski definition) is 0. The van der Waals surface area contributed by atoms with E-state index in [-0.39, 0.29) is 0 Å². The first-order valence-electron chi connectivity index (χ1n) is 4.81. The van der Waals surface area contributed by atoms with Gasteiger partial charge in [0, 0.05) is 31.3 Å². The van der Waals surface area contributed by atoms with Crippen molar-refractivity contribution in [1.29, 1.82) is 0 Å². The summed E-state index contributed by atoms with van der Waals surface area (Å²) in [6, 6.07) is 0. The summed E-state index contributed by atoms with van der Waals surface area (Å²) in [4.78, 5) is 18.8. The third-order valence-electron chi connectivity index (χ3n) is 2.31. The van der Waals surface area contributed by atoms with Crippen LogP contribution in [0.1, 0.15) is 23.4 Å². The normalized spacial score (nSPS) is 10.5. The predicted octanol–water partition coefficient (Wildman–Crippen LogP) is 0.960. The summed E-state index contributed by atoms with van der Waals surface area (Å²) in [6.45, 7) is 3.51. The van der Waals surface area contributed by atoms with E-state index in [4.69, 9.17) is 0 Å². The van der Waals surface area contributed by atoms with Crippen LogP contribution in [0.5, 0.6) is 0 Å². The van der Waals surface area contributed by atoms with Crippen LogP contribution in [0.2, 0.25) is 0 Å². The molecule has 2 heterocycles. The summed E-state index contributed by atoms with van der Waals surface area (Å²) in [6.07, 6.45) is 7.82. The molecule has 0 N–H and O–H groups in total. The van der Waals surface area contributed by atoms with Crippen LogP contribution in [0.15, 0.2) is 24.8 Å². The Bertz CT molecular complexity index is 457. The van der Waals surface area contributed by atoms with Gasteiger partial charge in [-0.3, -0.25) is 4.79 Å². The van der Waals surface area contributed by atoms with E-state index < -0.39 is 0 Å². The number of nitrogens with zero attached hydrogens (tertiary/aromatic N) is 4. The average molecular weight is 204 g/mol. The number of carbonyl (C=O) groups is 1. The number of carbonyl (C=O) groups excluding carboxylic acids is 1. The second-order valence-corrected chi connectivity index (χ2v) is 3.16. The molecule has 2 aromatic heterocycles. The van der Waals surface area contributed by atoms with Crippen molar-refractivity contribution in [3.05, 3.63) is 36.4 Å². The Morgan fingerprint density at radius 2 is 2.00 bits per heavy atom. The fourth-order valence-electron chi connectivity index (χ4n) is 1.50. The van der Waals surface area contributed by atoms with Crippen LogP contribution in [-0.2, 0) is 13.1 Å². The van der Waals surface area contributed by atoms with Gasteiger partial charge in [0.25, 0.3) is 0 Å². The van der Waals surface area contributed by atoms with Crippen LogP contribution in [-0.4, -0.2) is 25.4 Å². The highest BCUT2D eigenvalue weighted by molar-refractivity contribution is 5.69. The first-order valence-corrected chi connectivity index (χ1v) is 4.81. The van der Waals surface area contributed by atoms with Gasteiger partial charge >= 0.3 is 0 Å². The molecule has 2 aromatic rings. The molecule has 0 bridgehead atoms.